The van der Waals surface area contributed by atoms with Gasteiger partial charge in [0.05, 0.1) is 12.0 Å². The van der Waals surface area contributed by atoms with Crippen LogP contribution in [0.4, 0.5) is 0 Å². The van der Waals surface area contributed by atoms with E-state index in [2.05, 4.69) is 16.2 Å². The number of carbonyl (C=O) groups is 3. The van der Waals surface area contributed by atoms with Gasteiger partial charge in [0.25, 0.3) is 11.8 Å². The number of hydrogen-bond donors (Lipinski definition) is 3. The van der Waals surface area contributed by atoms with Gasteiger partial charge in [-0.3, -0.25) is 25.2 Å². The van der Waals surface area contributed by atoms with Crippen LogP contribution >= 0.6 is 0 Å². The summed E-state index contributed by atoms with van der Waals surface area (Å²) >= 11 is 0. The Morgan fingerprint density at radius 1 is 0.967 bits per heavy atom. The molecule has 3 amide bonds. The van der Waals surface area contributed by atoms with Crippen molar-refractivity contribution in [3.05, 3.63) is 65.7 Å². The van der Waals surface area contributed by atoms with E-state index in [4.69, 9.17) is 10.00 Å². The number of para-hydroxylation sites is 1. The quantitative estimate of drug-likeness (QED) is 0.571. The summed E-state index contributed by atoms with van der Waals surface area (Å²) in [5.41, 5.74) is 5.69. The van der Waals surface area contributed by atoms with Gasteiger partial charge in [-0.05, 0) is 23.6 Å². The average Bonchev–Trinajstić information content (AvgIpc) is 2.75. The van der Waals surface area contributed by atoms with E-state index in [0.717, 1.165) is 5.56 Å². The van der Waals surface area contributed by atoms with Crippen molar-refractivity contribution in [3.8, 4) is 11.8 Å². The van der Waals surface area contributed by atoms with Crippen LogP contribution in [-0.2, 0) is 20.8 Å². The van der Waals surface area contributed by atoms with Gasteiger partial charge in [0.2, 0.25) is 5.91 Å². The molecule has 0 unspecified atom stereocenters. The number of nitrogens with one attached hydrogen (secondary N) is 3. The summed E-state index contributed by atoms with van der Waals surface area (Å²) in [6, 6.07) is 16.8. The van der Waals surface area contributed by atoms with E-state index in [1.165, 1.54) is 0 Å². The molecule has 30 heavy (non-hydrogen) atoms. The number of nitriles is 1. The molecule has 8 nitrogen and oxygen atoms in total. The van der Waals surface area contributed by atoms with Crippen LogP contribution in [0.15, 0.2) is 54.6 Å². The van der Waals surface area contributed by atoms with Crippen molar-refractivity contribution in [3.63, 3.8) is 0 Å². The lowest BCUT2D eigenvalue weighted by Gasteiger charge is -2.22. The lowest BCUT2D eigenvalue weighted by atomic mass is 10.0. The Labute approximate surface area is 175 Å². The molecule has 0 heterocycles. The van der Waals surface area contributed by atoms with E-state index >= 15 is 0 Å². The van der Waals surface area contributed by atoms with Crippen molar-refractivity contribution in [1.82, 2.24) is 16.2 Å². The highest BCUT2D eigenvalue weighted by molar-refractivity contribution is 5.90. The lowest BCUT2D eigenvalue weighted by molar-refractivity contribution is -0.133. The lowest BCUT2D eigenvalue weighted by Crippen LogP contribution is -2.55. The minimum absolute atomic E-state index is 0.149. The Bertz CT molecular complexity index is 922. The molecule has 0 bridgehead atoms. The van der Waals surface area contributed by atoms with Crippen LogP contribution in [-0.4, -0.2) is 30.4 Å². The maximum absolute atomic E-state index is 12.4. The molecule has 0 aromatic heterocycles. The molecule has 1 atom stereocenters. The van der Waals surface area contributed by atoms with E-state index in [9.17, 15) is 14.4 Å². The molecule has 2 aromatic rings. The molecule has 8 heteroatoms. The second-order valence-electron chi connectivity index (χ2n) is 6.89. The summed E-state index contributed by atoms with van der Waals surface area (Å²) < 4.78 is 5.31. The fraction of sp³-hybridized carbons (Fsp3) is 0.273. The first-order valence-corrected chi connectivity index (χ1v) is 9.44. The van der Waals surface area contributed by atoms with E-state index in [0.29, 0.717) is 5.56 Å². The summed E-state index contributed by atoms with van der Waals surface area (Å²) in [4.78, 5) is 36.6. The van der Waals surface area contributed by atoms with Crippen LogP contribution in [0.2, 0.25) is 0 Å². The van der Waals surface area contributed by atoms with Gasteiger partial charge in [0, 0.05) is 0 Å². The van der Waals surface area contributed by atoms with Crippen LogP contribution in [0.25, 0.3) is 0 Å². The third-order valence-corrected chi connectivity index (χ3v) is 4.16. The summed E-state index contributed by atoms with van der Waals surface area (Å²) in [7, 11) is 0. The summed E-state index contributed by atoms with van der Waals surface area (Å²) in [5.74, 6) is -1.36. The fourth-order valence-corrected chi connectivity index (χ4v) is 2.61. The molecule has 0 saturated heterocycles. The largest absolute Gasteiger partial charge is 0.482 e. The van der Waals surface area contributed by atoms with Gasteiger partial charge in [0.1, 0.15) is 17.9 Å². The van der Waals surface area contributed by atoms with Crippen molar-refractivity contribution < 1.29 is 19.1 Å². The molecule has 2 rings (SSSR count). The van der Waals surface area contributed by atoms with Crippen LogP contribution in [0.1, 0.15) is 25.0 Å². The topological polar surface area (TPSA) is 120 Å². The number of ether oxygens (including phenoxy) is 1. The predicted molar refractivity (Wildman–Crippen MR) is 110 cm³/mol. The highest BCUT2D eigenvalue weighted by Gasteiger charge is 2.24. The predicted octanol–water partition coefficient (Wildman–Crippen LogP) is 1.47. The van der Waals surface area contributed by atoms with Crippen molar-refractivity contribution >= 4 is 17.7 Å². The average molecular weight is 408 g/mol. The number of hydrazine groups is 1. The Balaban J connectivity index is 1.83. The minimum Gasteiger partial charge on any atom is -0.482 e. The second kappa shape index (κ2) is 11.2. The van der Waals surface area contributed by atoms with Gasteiger partial charge < -0.3 is 10.1 Å². The number of carbonyl (C=O) groups excluding carboxylic acids is 3. The summed E-state index contributed by atoms with van der Waals surface area (Å²) in [6.45, 7) is 3.19. The minimum atomic E-state index is -0.818. The molecule has 0 aliphatic heterocycles. The van der Waals surface area contributed by atoms with Crippen molar-refractivity contribution in [1.29, 1.82) is 5.26 Å². The van der Waals surface area contributed by atoms with E-state index in [-0.39, 0.29) is 30.6 Å². The Morgan fingerprint density at radius 2 is 1.63 bits per heavy atom. The fourth-order valence-electron chi connectivity index (χ4n) is 2.61. The second-order valence-corrected chi connectivity index (χ2v) is 6.89. The van der Waals surface area contributed by atoms with Crippen molar-refractivity contribution in [2.24, 2.45) is 5.92 Å². The van der Waals surface area contributed by atoms with E-state index < -0.39 is 17.9 Å². The first-order chi connectivity index (χ1) is 14.4. The maximum Gasteiger partial charge on any atom is 0.276 e. The van der Waals surface area contributed by atoms with Gasteiger partial charge in [0.15, 0.2) is 6.61 Å². The molecule has 156 valence electrons. The van der Waals surface area contributed by atoms with Gasteiger partial charge in [-0.25, -0.2) is 0 Å². The zero-order chi connectivity index (χ0) is 21.9. The third kappa shape index (κ3) is 6.95. The Morgan fingerprint density at radius 3 is 2.30 bits per heavy atom. The Hall–Kier alpha value is -3.86. The number of hydrogen-bond acceptors (Lipinski definition) is 5. The molecule has 3 N–H and O–H groups in total. The van der Waals surface area contributed by atoms with Crippen molar-refractivity contribution in [2.45, 2.75) is 26.3 Å². The summed E-state index contributed by atoms with van der Waals surface area (Å²) in [5, 5.41) is 11.7. The number of benzene rings is 2. The number of nitrogens with zero attached hydrogens (tertiary/aromatic N) is 1. The van der Waals surface area contributed by atoms with Gasteiger partial charge >= 0.3 is 0 Å². The SMILES string of the molecule is CC(C)[C@H](NC(=O)Cc1ccccc1)C(=O)NNC(=O)COc1ccccc1C#N. The summed E-state index contributed by atoms with van der Waals surface area (Å²) in [6.07, 6.45) is 0.149. The smallest absolute Gasteiger partial charge is 0.276 e. The molecule has 0 saturated carbocycles. The highest BCUT2D eigenvalue weighted by Crippen LogP contribution is 2.16. The standard InChI is InChI=1S/C22H24N4O4/c1-15(2)21(24-19(27)12-16-8-4-3-5-9-16)22(29)26-25-20(28)14-30-18-11-7-6-10-17(18)13-23/h3-11,15,21H,12,14H2,1-2H3,(H,24,27)(H,25,28)(H,26,29)/t21-/m0/s1. The molecular formula is C22H24N4O4. The van der Waals surface area contributed by atoms with E-state index in [1.807, 2.05) is 36.4 Å². The van der Waals surface area contributed by atoms with Crippen LogP contribution in [0.3, 0.4) is 0 Å². The van der Waals surface area contributed by atoms with E-state index in [1.54, 1.807) is 38.1 Å². The molecule has 2 aromatic carbocycles. The van der Waals surface area contributed by atoms with Crippen LogP contribution in [0, 0.1) is 17.2 Å². The van der Waals surface area contributed by atoms with Crippen LogP contribution in [0.5, 0.6) is 5.75 Å². The first kappa shape index (κ1) is 22.4. The number of rotatable bonds is 8. The molecule has 0 fully saturated rings. The van der Waals surface area contributed by atoms with Gasteiger partial charge in [-0.2, -0.15) is 5.26 Å². The molecule has 0 spiro atoms. The number of amides is 3. The highest BCUT2D eigenvalue weighted by atomic mass is 16.5. The normalized spacial score (nSPS) is 11.1. The first-order valence-electron chi connectivity index (χ1n) is 9.44. The Kier molecular flexibility index (Phi) is 8.39. The maximum atomic E-state index is 12.4. The van der Waals surface area contributed by atoms with Gasteiger partial charge in [-0.15, -0.1) is 0 Å². The zero-order valence-corrected chi connectivity index (χ0v) is 16.8. The molecular weight excluding hydrogens is 384 g/mol. The van der Waals surface area contributed by atoms with Crippen molar-refractivity contribution in [2.75, 3.05) is 6.61 Å². The molecule has 0 radical (unpaired) electrons. The van der Waals surface area contributed by atoms with Gasteiger partial charge in [-0.1, -0.05) is 56.3 Å². The third-order valence-electron chi connectivity index (χ3n) is 4.16. The monoisotopic (exact) mass is 408 g/mol. The molecule has 0 aliphatic carbocycles. The van der Waals surface area contributed by atoms with Crippen LogP contribution < -0.4 is 20.9 Å². The molecule has 0 aliphatic rings. The zero-order valence-electron chi connectivity index (χ0n) is 16.8.